The van der Waals surface area contributed by atoms with Crippen LogP contribution >= 0.6 is 0 Å². The Hall–Kier alpha value is -2.95. The summed E-state index contributed by atoms with van der Waals surface area (Å²) in [5.41, 5.74) is 2.95. The number of nitrogens with one attached hydrogen (secondary N) is 2. The smallest absolute Gasteiger partial charge is 0.156 e. The molecule has 5 nitrogen and oxygen atoms in total. The van der Waals surface area contributed by atoms with Gasteiger partial charge in [-0.3, -0.25) is 0 Å². The molecule has 22 heavy (non-hydrogen) atoms. The summed E-state index contributed by atoms with van der Waals surface area (Å²) in [6, 6.07) is 16.1. The predicted molar refractivity (Wildman–Crippen MR) is 87.7 cm³/mol. The fraction of sp³-hybridized carbons (Fsp3) is 0.118. The first kappa shape index (κ1) is 12.8. The first-order valence-corrected chi connectivity index (χ1v) is 7.21. The highest BCUT2D eigenvalue weighted by Gasteiger charge is 2.07. The third-order valence-electron chi connectivity index (χ3n) is 3.73. The number of anilines is 1. The summed E-state index contributed by atoms with van der Waals surface area (Å²) in [5.74, 6) is 1.66. The minimum Gasteiger partial charge on any atom is -0.361 e. The van der Waals surface area contributed by atoms with Gasteiger partial charge in [0.25, 0.3) is 0 Å². The van der Waals surface area contributed by atoms with E-state index in [0.29, 0.717) is 6.54 Å². The van der Waals surface area contributed by atoms with Crippen molar-refractivity contribution >= 4 is 27.6 Å². The molecule has 0 atom stereocenters. The zero-order valence-corrected chi connectivity index (χ0v) is 12.2. The van der Waals surface area contributed by atoms with Crippen LogP contribution in [-0.4, -0.2) is 20.2 Å². The van der Waals surface area contributed by atoms with E-state index >= 15 is 0 Å². The molecule has 108 valence electrons. The number of imidazole rings is 1. The van der Waals surface area contributed by atoms with Crippen molar-refractivity contribution in [1.29, 1.82) is 0 Å². The molecule has 0 radical (unpaired) electrons. The van der Waals surface area contributed by atoms with E-state index in [0.717, 1.165) is 39.1 Å². The Morgan fingerprint density at radius 2 is 1.73 bits per heavy atom. The molecule has 0 aliphatic rings. The number of aromatic nitrogens is 4. The topological polar surface area (TPSA) is 66.5 Å². The van der Waals surface area contributed by atoms with E-state index in [4.69, 9.17) is 0 Å². The SMILES string of the molecule is Cc1nnc(NCc2nc3ccccc3[nH]2)c2ccccc12. The third-order valence-corrected chi connectivity index (χ3v) is 3.73. The van der Waals surface area contributed by atoms with Crippen LogP contribution in [0.5, 0.6) is 0 Å². The summed E-state index contributed by atoms with van der Waals surface area (Å²) in [7, 11) is 0. The summed E-state index contributed by atoms with van der Waals surface area (Å²) >= 11 is 0. The summed E-state index contributed by atoms with van der Waals surface area (Å²) in [6.07, 6.45) is 0. The van der Waals surface area contributed by atoms with Crippen molar-refractivity contribution in [2.75, 3.05) is 5.32 Å². The van der Waals surface area contributed by atoms with Gasteiger partial charge in [0.05, 0.1) is 23.3 Å². The molecule has 0 spiro atoms. The molecule has 0 aliphatic heterocycles. The average molecular weight is 289 g/mol. The van der Waals surface area contributed by atoms with E-state index in [9.17, 15) is 0 Å². The van der Waals surface area contributed by atoms with Crippen molar-refractivity contribution in [2.24, 2.45) is 0 Å². The molecular weight excluding hydrogens is 274 g/mol. The van der Waals surface area contributed by atoms with Crippen LogP contribution in [0.15, 0.2) is 48.5 Å². The van der Waals surface area contributed by atoms with Crippen LogP contribution in [0.1, 0.15) is 11.5 Å². The van der Waals surface area contributed by atoms with Gasteiger partial charge in [-0.05, 0) is 19.1 Å². The maximum atomic E-state index is 4.56. The third kappa shape index (κ3) is 2.16. The van der Waals surface area contributed by atoms with E-state index in [1.807, 2.05) is 43.3 Å². The molecular formula is C17H15N5. The van der Waals surface area contributed by atoms with Crippen LogP contribution < -0.4 is 5.32 Å². The Morgan fingerprint density at radius 3 is 2.59 bits per heavy atom. The summed E-state index contributed by atoms with van der Waals surface area (Å²) in [6.45, 7) is 2.55. The van der Waals surface area contributed by atoms with E-state index in [2.05, 4.69) is 37.6 Å². The van der Waals surface area contributed by atoms with Crippen LogP contribution in [0, 0.1) is 6.92 Å². The van der Waals surface area contributed by atoms with Crippen molar-refractivity contribution in [3.8, 4) is 0 Å². The van der Waals surface area contributed by atoms with Gasteiger partial charge in [-0.25, -0.2) is 4.98 Å². The van der Waals surface area contributed by atoms with Gasteiger partial charge in [-0.2, -0.15) is 5.10 Å². The summed E-state index contributed by atoms with van der Waals surface area (Å²) < 4.78 is 0. The van der Waals surface area contributed by atoms with Crippen LogP contribution in [0.3, 0.4) is 0 Å². The summed E-state index contributed by atoms with van der Waals surface area (Å²) in [4.78, 5) is 7.86. The van der Waals surface area contributed by atoms with E-state index in [1.165, 1.54) is 0 Å². The fourth-order valence-electron chi connectivity index (χ4n) is 2.63. The normalized spacial score (nSPS) is 11.1. The molecule has 0 bridgehead atoms. The Kier molecular flexibility index (Phi) is 2.96. The van der Waals surface area contributed by atoms with Crippen LogP contribution in [0.25, 0.3) is 21.8 Å². The Labute approximate surface area is 127 Å². The minimum atomic E-state index is 0.580. The van der Waals surface area contributed by atoms with Crippen LogP contribution in [0.2, 0.25) is 0 Å². The molecule has 4 aromatic rings. The zero-order valence-electron chi connectivity index (χ0n) is 12.2. The molecule has 2 aromatic carbocycles. The second kappa shape index (κ2) is 5.11. The molecule has 2 N–H and O–H groups in total. The number of hydrogen-bond acceptors (Lipinski definition) is 4. The highest BCUT2D eigenvalue weighted by Crippen LogP contribution is 2.22. The molecule has 2 heterocycles. The van der Waals surface area contributed by atoms with Gasteiger partial charge < -0.3 is 10.3 Å². The first-order valence-electron chi connectivity index (χ1n) is 7.21. The molecule has 5 heteroatoms. The van der Waals surface area contributed by atoms with Crippen molar-refractivity contribution in [3.05, 3.63) is 60.0 Å². The van der Waals surface area contributed by atoms with E-state index in [-0.39, 0.29) is 0 Å². The van der Waals surface area contributed by atoms with Gasteiger partial charge >= 0.3 is 0 Å². The quantitative estimate of drug-likeness (QED) is 0.606. The highest BCUT2D eigenvalue weighted by atomic mass is 15.2. The number of aryl methyl sites for hydroxylation is 1. The minimum absolute atomic E-state index is 0.580. The van der Waals surface area contributed by atoms with Gasteiger partial charge in [0, 0.05) is 10.8 Å². The molecule has 0 unspecified atom stereocenters. The molecule has 0 saturated heterocycles. The first-order chi connectivity index (χ1) is 10.8. The Morgan fingerprint density at radius 1 is 0.955 bits per heavy atom. The van der Waals surface area contributed by atoms with Gasteiger partial charge in [0.2, 0.25) is 0 Å². The number of nitrogens with zero attached hydrogens (tertiary/aromatic N) is 3. The van der Waals surface area contributed by atoms with Crippen molar-refractivity contribution in [3.63, 3.8) is 0 Å². The lowest BCUT2D eigenvalue weighted by molar-refractivity contribution is 0.955. The second-order valence-electron chi connectivity index (χ2n) is 5.23. The summed E-state index contributed by atoms with van der Waals surface area (Å²) in [5, 5.41) is 14.0. The Balaban J connectivity index is 1.65. The Bertz CT molecular complexity index is 925. The zero-order chi connectivity index (χ0) is 14.9. The number of fused-ring (bicyclic) bond motifs is 2. The molecule has 0 fully saturated rings. The van der Waals surface area contributed by atoms with Crippen LogP contribution in [-0.2, 0) is 6.54 Å². The van der Waals surface area contributed by atoms with Crippen molar-refractivity contribution in [1.82, 2.24) is 20.2 Å². The van der Waals surface area contributed by atoms with Gasteiger partial charge in [-0.1, -0.05) is 36.4 Å². The van der Waals surface area contributed by atoms with E-state index in [1.54, 1.807) is 0 Å². The average Bonchev–Trinajstić information content (AvgIpc) is 2.97. The molecule has 4 rings (SSSR count). The lowest BCUT2D eigenvalue weighted by Gasteiger charge is -2.08. The fourth-order valence-corrected chi connectivity index (χ4v) is 2.63. The number of hydrogen-bond donors (Lipinski definition) is 2. The lowest BCUT2D eigenvalue weighted by atomic mass is 10.1. The predicted octanol–water partition coefficient (Wildman–Crippen LogP) is 3.43. The van der Waals surface area contributed by atoms with Crippen molar-refractivity contribution in [2.45, 2.75) is 13.5 Å². The standard InChI is InChI=1S/C17H15N5/c1-11-12-6-2-3-7-13(12)17(22-21-11)18-10-16-19-14-8-4-5-9-15(14)20-16/h2-9H,10H2,1H3,(H,18,22)(H,19,20). The number of para-hydroxylation sites is 2. The second-order valence-corrected chi connectivity index (χ2v) is 5.23. The maximum absolute atomic E-state index is 4.56. The molecule has 0 saturated carbocycles. The van der Waals surface area contributed by atoms with Gasteiger partial charge in [0.1, 0.15) is 5.82 Å². The number of benzene rings is 2. The van der Waals surface area contributed by atoms with E-state index < -0.39 is 0 Å². The van der Waals surface area contributed by atoms with Crippen LogP contribution in [0.4, 0.5) is 5.82 Å². The molecule has 0 amide bonds. The monoisotopic (exact) mass is 289 g/mol. The van der Waals surface area contributed by atoms with Gasteiger partial charge in [0.15, 0.2) is 5.82 Å². The number of aromatic amines is 1. The molecule has 2 aromatic heterocycles. The largest absolute Gasteiger partial charge is 0.361 e. The van der Waals surface area contributed by atoms with Gasteiger partial charge in [-0.15, -0.1) is 5.10 Å². The lowest BCUT2D eigenvalue weighted by Crippen LogP contribution is -2.05. The number of rotatable bonds is 3. The van der Waals surface area contributed by atoms with Crippen molar-refractivity contribution < 1.29 is 0 Å². The number of H-pyrrole nitrogens is 1. The highest BCUT2D eigenvalue weighted by molar-refractivity contribution is 5.92. The maximum Gasteiger partial charge on any atom is 0.156 e. The molecule has 0 aliphatic carbocycles.